The van der Waals surface area contributed by atoms with Crippen molar-refractivity contribution in [1.29, 1.82) is 0 Å². The fraction of sp³-hybridized carbons (Fsp3) is 0.167. The van der Waals surface area contributed by atoms with Gasteiger partial charge in [-0.05, 0) is 35.0 Å². The molecule has 100 valence electrons. The predicted octanol–water partition coefficient (Wildman–Crippen LogP) is 2.18. The molecule has 0 unspecified atom stereocenters. The first kappa shape index (κ1) is 14.0. The van der Waals surface area contributed by atoms with Crippen molar-refractivity contribution < 1.29 is 5.21 Å². The molecule has 0 aliphatic rings. The number of hydrogen-bond acceptors (Lipinski definition) is 4. The molecule has 0 fully saturated rings. The smallest absolute Gasteiger partial charge is 0.365 e. The lowest BCUT2D eigenvalue weighted by molar-refractivity contribution is 0.152. The van der Waals surface area contributed by atoms with Crippen LogP contribution in [-0.4, -0.2) is 14.5 Å². The van der Waals surface area contributed by atoms with Crippen LogP contribution in [0.4, 0.5) is 0 Å². The van der Waals surface area contributed by atoms with Crippen LogP contribution in [-0.2, 0) is 6.54 Å². The Bertz CT molecular complexity index is 724. The summed E-state index contributed by atoms with van der Waals surface area (Å²) in [7, 11) is 0. The Kier molecular flexibility index (Phi) is 4.16. The zero-order valence-electron chi connectivity index (χ0n) is 10.0. The molecule has 0 spiro atoms. The molecule has 7 heteroatoms. The number of rotatable bonds is 3. The summed E-state index contributed by atoms with van der Waals surface area (Å²) >= 11 is 4.70. The number of nitrogens with zero attached hydrogens (tertiary/aromatic N) is 2. The predicted molar refractivity (Wildman–Crippen MR) is 76.1 cm³/mol. The third-order valence-electron chi connectivity index (χ3n) is 2.50. The second-order valence-electron chi connectivity index (χ2n) is 3.69. The molecular formula is C12H11BrN2O3S. The summed E-state index contributed by atoms with van der Waals surface area (Å²) in [4.78, 5) is 24.1. The number of benzene rings is 1. The van der Waals surface area contributed by atoms with Crippen LogP contribution in [0.5, 0.6) is 0 Å². The van der Waals surface area contributed by atoms with Gasteiger partial charge < -0.3 is 5.21 Å². The molecule has 2 rings (SSSR count). The Morgan fingerprint density at radius 1 is 1.32 bits per heavy atom. The Hall–Kier alpha value is -1.47. The molecule has 1 aromatic heterocycles. The molecule has 19 heavy (non-hydrogen) atoms. The molecule has 1 heterocycles. The number of aromatic nitrogens is 2. The van der Waals surface area contributed by atoms with E-state index in [2.05, 4.69) is 15.9 Å². The highest BCUT2D eigenvalue weighted by atomic mass is 79.9. The van der Waals surface area contributed by atoms with Crippen molar-refractivity contribution in [1.82, 2.24) is 9.30 Å². The van der Waals surface area contributed by atoms with Gasteiger partial charge in [0.15, 0.2) is 0 Å². The summed E-state index contributed by atoms with van der Waals surface area (Å²) in [6.45, 7) is 2.14. The lowest BCUT2D eigenvalue weighted by Crippen LogP contribution is -2.38. The maximum absolute atomic E-state index is 11.8. The minimum Gasteiger partial charge on any atom is -0.421 e. The summed E-state index contributed by atoms with van der Waals surface area (Å²) < 4.78 is 2.34. The van der Waals surface area contributed by atoms with Crippen molar-refractivity contribution in [2.45, 2.75) is 23.4 Å². The molecule has 0 saturated heterocycles. The van der Waals surface area contributed by atoms with Gasteiger partial charge in [0.1, 0.15) is 0 Å². The van der Waals surface area contributed by atoms with Crippen LogP contribution in [0.25, 0.3) is 0 Å². The zero-order chi connectivity index (χ0) is 14.0. The maximum Gasteiger partial charge on any atom is 0.365 e. The number of hydrogen-bond donors (Lipinski definition) is 1. The van der Waals surface area contributed by atoms with Gasteiger partial charge in [0, 0.05) is 22.0 Å². The third-order valence-corrected chi connectivity index (χ3v) is 4.58. The van der Waals surface area contributed by atoms with Gasteiger partial charge in [0.25, 0.3) is 5.56 Å². The third kappa shape index (κ3) is 2.76. The van der Waals surface area contributed by atoms with Gasteiger partial charge in [-0.25, -0.2) is 4.79 Å². The highest BCUT2D eigenvalue weighted by Crippen LogP contribution is 2.32. The molecule has 0 atom stereocenters. The van der Waals surface area contributed by atoms with E-state index in [1.54, 1.807) is 6.92 Å². The van der Waals surface area contributed by atoms with E-state index in [1.165, 1.54) is 22.4 Å². The fourth-order valence-electron chi connectivity index (χ4n) is 1.56. The first-order valence-corrected chi connectivity index (χ1v) is 7.14. The van der Waals surface area contributed by atoms with Gasteiger partial charge in [-0.3, -0.25) is 9.36 Å². The minimum absolute atomic E-state index is 0.119. The molecule has 0 bridgehead atoms. The van der Waals surface area contributed by atoms with Crippen molar-refractivity contribution in [3.05, 3.63) is 55.6 Å². The topological polar surface area (TPSA) is 64.2 Å². The number of halogens is 1. The van der Waals surface area contributed by atoms with Gasteiger partial charge in [0.05, 0.1) is 5.03 Å². The first-order valence-electron chi connectivity index (χ1n) is 5.53. The molecule has 0 amide bonds. The van der Waals surface area contributed by atoms with Crippen molar-refractivity contribution in [2.75, 3.05) is 0 Å². The van der Waals surface area contributed by atoms with Crippen molar-refractivity contribution >= 4 is 27.7 Å². The van der Waals surface area contributed by atoms with E-state index in [9.17, 15) is 14.8 Å². The normalized spacial score (nSPS) is 10.6. The lowest BCUT2D eigenvalue weighted by atomic mass is 10.4. The Balaban J connectivity index is 2.55. The van der Waals surface area contributed by atoms with E-state index in [1.807, 2.05) is 24.3 Å². The quantitative estimate of drug-likeness (QED) is 0.685. The van der Waals surface area contributed by atoms with Gasteiger partial charge >= 0.3 is 5.69 Å². The highest BCUT2D eigenvalue weighted by Gasteiger charge is 2.11. The molecular weight excluding hydrogens is 332 g/mol. The van der Waals surface area contributed by atoms with Crippen molar-refractivity contribution in [3.8, 4) is 0 Å². The van der Waals surface area contributed by atoms with E-state index in [4.69, 9.17) is 0 Å². The molecule has 1 N–H and O–H groups in total. The lowest BCUT2D eigenvalue weighted by Gasteiger charge is -2.11. The van der Waals surface area contributed by atoms with Gasteiger partial charge in [-0.15, -0.1) is 0 Å². The minimum atomic E-state index is -0.732. The van der Waals surface area contributed by atoms with Crippen LogP contribution in [0, 0.1) is 0 Å². The SMILES string of the molecule is CCn1c(Sc2ccccc2Br)cc(=O)n(O)c1=O. The fourth-order valence-corrected chi connectivity index (χ4v) is 3.11. The highest BCUT2D eigenvalue weighted by molar-refractivity contribution is 9.10. The van der Waals surface area contributed by atoms with Gasteiger partial charge in [-0.1, -0.05) is 28.6 Å². The summed E-state index contributed by atoms with van der Waals surface area (Å²) in [6.07, 6.45) is 0. The van der Waals surface area contributed by atoms with Crippen LogP contribution in [0.2, 0.25) is 0 Å². The van der Waals surface area contributed by atoms with Crippen LogP contribution in [0.3, 0.4) is 0 Å². The Labute approximate surface area is 121 Å². The summed E-state index contributed by atoms with van der Waals surface area (Å²) in [6, 6.07) is 8.75. The summed E-state index contributed by atoms with van der Waals surface area (Å²) in [5.41, 5.74) is -1.46. The average Bonchev–Trinajstić information content (AvgIpc) is 2.39. The molecule has 0 aliphatic carbocycles. The van der Waals surface area contributed by atoms with E-state index >= 15 is 0 Å². The standard InChI is InChI=1S/C12H11BrN2O3S/c1-2-14-11(7-10(16)15(18)12(14)17)19-9-6-4-3-5-8(9)13/h3-7,18H,2H2,1H3. The summed E-state index contributed by atoms with van der Waals surface area (Å²) in [5, 5.41) is 9.81. The van der Waals surface area contributed by atoms with Crippen LogP contribution in [0.1, 0.15) is 6.92 Å². The molecule has 5 nitrogen and oxygen atoms in total. The monoisotopic (exact) mass is 342 g/mol. The second-order valence-corrected chi connectivity index (χ2v) is 5.61. The Morgan fingerprint density at radius 2 is 2.00 bits per heavy atom. The van der Waals surface area contributed by atoms with Crippen LogP contribution < -0.4 is 11.2 Å². The van der Waals surface area contributed by atoms with E-state index in [0.717, 1.165) is 9.37 Å². The molecule has 2 aromatic rings. The van der Waals surface area contributed by atoms with Crippen molar-refractivity contribution in [2.24, 2.45) is 0 Å². The van der Waals surface area contributed by atoms with E-state index in [0.29, 0.717) is 11.6 Å². The zero-order valence-corrected chi connectivity index (χ0v) is 12.4. The molecule has 0 aliphatic heterocycles. The van der Waals surface area contributed by atoms with E-state index in [-0.39, 0.29) is 4.73 Å². The Morgan fingerprint density at radius 3 is 2.63 bits per heavy atom. The molecule has 1 aromatic carbocycles. The second kappa shape index (κ2) is 5.66. The first-order chi connectivity index (χ1) is 9.04. The van der Waals surface area contributed by atoms with E-state index < -0.39 is 11.2 Å². The maximum atomic E-state index is 11.8. The van der Waals surface area contributed by atoms with Gasteiger partial charge in [0.2, 0.25) is 0 Å². The summed E-state index contributed by atoms with van der Waals surface area (Å²) in [5.74, 6) is 0. The largest absolute Gasteiger partial charge is 0.421 e. The van der Waals surface area contributed by atoms with Crippen LogP contribution in [0.15, 0.2) is 54.3 Å². The molecule has 0 saturated carbocycles. The van der Waals surface area contributed by atoms with Gasteiger partial charge in [-0.2, -0.15) is 0 Å². The average molecular weight is 343 g/mol. The molecule has 0 radical (unpaired) electrons. The van der Waals surface area contributed by atoms with Crippen LogP contribution >= 0.6 is 27.7 Å². The van der Waals surface area contributed by atoms with Crippen molar-refractivity contribution in [3.63, 3.8) is 0 Å².